The average Bonchev–Trinajstić information content (AvgIpc) is 2.20. The van der Waals surface area contributed by atoms with E-state index in [0.29, 0.717) is 12.0 Å². The highest BCUT2D eigenvalue weighted by Crippen LogP contribution is 2.24. The SMILES string of the molecule is CCCOC(=O)C(C(=O)O)=C(C(C)C)C(C)C. The second-order valence-corrected chi connectivity index (χ2v) is 4.58. The molecule has 0 aromatic rings. The van der Waals surface area contributed by atoms with Crippen LogP contribution < -0.4 is 0 Å². The normalized spacial score (nSPS) is 10.5. The lowest BCUT2D eigenvalue weighted by Crippen LogP contribution is -2.22. The number of rotatable bonds is 6. The molecule has 98 valence electrons. The zero-order valence-corrected chi connectivity index (χ0v) is 11.2. The topological polar surface area (TPSA) is 63.6 Å². The van der Waals surface area contributed by atoms with Crippen molar-refractivity contribution in [2.24, 2.45) is 11.8 Å². The maximum Gasteiger partial charge on any atom is 0.345 e. The Morgan fingerprint density at radius 1 is 1.12 bits per heavy atom. The van der Waals surface area contributed by atoms with Gasteiger partial charge in [0.05, 0.1) is 6.61 Å². The molecular weight excluding hydrogens is 220 g/mol. The number of hydrogen-bond acceptors (Lipinski definition) is 3. The van der Waals surface area contributed by atoms with E-state index in [1.54, 1.807) is 0 Å². The summed E-state index contributed by atoms with van der Waals surface area (Å²) in [7, 11) is 0. The van der Waals surface area contributed by atoms with Crippen molar-refractivity contribution in [1.29, 1.82) is 0 Å². The van der Waals surface area contributed by atoms with Crippen LogP contribution in [0.5, 0.6) is 0 Å². The number of esters is 1. The zero-order valence-electron chi connectivity index (χ0n) is 11.2. The molecule has 0 aromatic carbocycles. The Morgan fingerprint density at radius 3 is 1.88 bits per heavy atom. The summed E-state index contributed by atoms with van der Waals surface area (Å²) in [6.07, 6.45) is 0.678. The molecule has 0 unspecified atom stereocenters. The fraction of sp³-hybridized carbons (Fsp3) is 0.692. The van der Waals surface area contributed by atoms with Gasteiger partial charge >= 0.3 is 11.9 Å². The van der Waals surface area contributed by atoms with E-state index in [-0.39, 0.29) is 24.0 Å². The molecule has 0 aromatic heterocycles. The first-order valence-corrected chi connectivity index (χ1v) is 5.97. The summed E-state index contributed by atoms with van der Waals surface area (Å²) >= 11 is 0. The molecule has 0 saturated heterocycles. The predicted molar refractivity (Wildman–Crippen MR) is 65.6 cm³/mol. The van der Waals surface area contributed by atoms with Crippen molar-refractivity contribution in [3.63, 3.8) is 0 Å². The lowest BCUT2D eigenvalue weighted by atomic mass is 9.88. The summed E-state index contributed by atoms with van der Waals surface area (Å²) in [6.45, 7) is 9.63. The van der Waals surface area contributed by atoms with Crippen molar-refractivity contribution in [1.82, 2.24) is 0 Å². The van der Waals surface area contributed by atoms with E-state index in [9.17, 15) is 9.59 Å². The van der Waals surface area contributed by atoms with Crippen LogP contribution in [0.4, 0.5) is 0 Å². The average molecular weight is 242 g/mol. The number of carboxylic acids is 1. The van der Waals surface area contributed by atoms with Gasteiger partial charge in [0.15, 0.2) is 0 Å². The molecule has 17 heavy (non-hydrogen) atoms. The van der Waals surface area contributed by atoms with Gasteiger partial charge in [-0.25, -0.2) is 9.59 Å². The summed E-state index contributed by atoms with van der Waals surface area (Å²) in [4.78, 5) is 22.9. The fourth-order valence-corrected chi connectivity index (χ4v) is 1.84. The maximum atomic E-state index is 11.7. The third-order valence-electron chi connectivity index (χ3n) is 2.39. The standard InChI is InChI=1S/C13H22O4/c1-6-7-17-13(16)11(12(14)15)10(8(2)3)9(4)5/h8-9H,6-7H2,1-5H3,(H,14,15). The first-order valence-electron chi connectivity index (χ1n) is 5.97. The summed E-state index contributed by atoms with van der Waals surface area (Å²) in [6, 6.07) is 0. The van der Waals surface area contributed by atoms with Crippen LogP contribution in [-0.2, 0) is 14.3 Å². The van der Waals surface area contributed by atoms with E-state index in [1.165, 1.54) is 0 Å². The summed E-state index contributed by atoms with van der Waals surface area (Å²) < 4.78 is 4.92. The van der Waals surface area contributed by atoms with Crippen molar-refractivity contribution in [2.75, 3.05) is 6.61 Å². The van der Waals surface area contributed by atoms with E-state index in [4.69, 9.17) is 9.84 Å². The molecule has 0 aliphatic heterocycles. The molecule has 0 fully saturated rings. The van der Waals surface area contributed by atoms with E-state index in [0.717, 1.165) is 0 Å². The Labute approximate surface area is 103 Å². The monoisotopic (exact) mass is 242 g/mol. The van der Waals surface area contributed by atoms with Crippen molar-refractivity contribution in [3.8, 4) is 0 Å². The van der Waals surface area contributed by atoms with Crippen molar-refractivity contribution in [2.45, 2.75) is 41.0 Å². The van der Waals surface area contributed by atoms with Gasteiger partial charge in [0.1, 0.15) is 5.57 Å². The molecule has 0 radical (unpaired) electrons. The number of allylic oxidation sites excluding steroid dienone is 1. The summed E-state index contributed by atoms with van der Waals surface area (Å²) in [5.74, 6) is -1.91. The molecule has 0 spiro atoms. The van der Waals surface area contributed by atoms with Crippen LogP contribution in [0.3, 0.4) is 0 Å². The van der Waals surface area contributed by atoms with E-state index in [2.05, 4.69) is 0 Å². The molecular formula is C13H22O4. The lowest BCUT2D eigenvalue weighted by molar-refractivity contribution is -0.144. The van der Waals surface area contributed by atoms with Crippen LogP contribution in [0.1, 0.15) is 41.0 Å². The Balaban J connectivity index is 5.36. The molecule has 1 N–H and O–H groups in total. The summed E-state index contributed by atoms with van der Waals surface area (Å²) in [5.41, 5.74) is 0.432. The van der Waals surface area contributed by atoms with Gasteiger partial charge in [0, 0.05) is 0 Å². The Kier molecular flexibility index (Phi) is 6.54. The van der Waals surface area contributed by atoms with Gasteiger partial charge in [-0.05, 0) is 23.8 Å². The Hall–Kier alpha value is -1.32. The highest BCUT2D eigenvalue weighted by atomic mass is 16.5. The van der Waals surface area contributed by atoms with Gasteiger partial charge in [0.25, 0.3) is 0 Å². The van der Waals surface area contributed by atoms with Crippen LogP contribution in [0.2, 0.25) is 0 Å². The molecule has 0 saturated carbocycles. The molecule has 0 bridgehead atoms. The van der Waals surface area contributed by atoms with Crippen LogP contribution in [-0.4, -0.2) is 23.7 Å². The molecule has 4 nitrogen and oxygen atoms in total. The quantitative estimate of drug-likeness (QED) is 0.336. The van der Waals surface area contributed by atoms with Crippen LogP contribution in [0.25, 0.3) is 0 Å². The number of aliphatic carboxylic acids is 1. The first-order chi connectivity index (χ1) is 7.82. The number of hydrogen-bond donors (Lipinski definition) is 1. The van der Waals surface area contributed by atoms with E-state index in [1.807, 2.05) is 34.6 Å². The number of carbonyl (C=O) groups is 2. The van der Waals surface area contributed by atoms with Crippen molar-refractivity contribution >= 4 is 11.9 Å². The molecule has 0 atom stereocenters. The van der Waals surface area contributed by atoms with Gasteiger partial charge in [-0.3, -0.25) is 0 Å². The highest BCUT2D eigenvalue weighted by molar-refractivity contribution is 6.14. The smallest absolute Gasteiger partial charge is 0.345 e. The molecule has 0 aliphatic carbocycles. The van der Waals surface area contributed by atoms with Gasteiger partial charge in [-0.15, -0.1) is 0 Å². The van der Waals surface area contributed by atoms with Gasteiger partial charge < -0.3 is 9.84 Å². The Bertz CT molecular complexity index is 303. The second-order valence-electron chi connectivity index (χ2n) is 4.58. The predicted octanol–water partition coefficient (Wildman–Crippen LogP) is 2.63. The molecule has 0 rings (SSSR count). The number of ether oxygens (including phenoxy) is 1. The Morgan fingerprint density at radius 2 is 1.59 bits per heavy atom. The summed E-state index contributed by atoms with van der Waals surface area (Å²) in [5, 5.41) is 9.15. The zero-order chi connectivity index (χ0) is 13.6. The molecule has 4 heteroatoms. The molecule has 0 aliphatic rings. The minimum Gasteiger partial charge on any atom is -0.477 e. The third-order valence-corrected chi connectivity index (χ3v) is 2.39. The maximum absolute atomic E-state index is 11.7. The minimum absolute atomic E-state index is 0.00952. The molecule has 0 heterocycles. The van der Waals surface area contributed by atoms with E-state index >= 15 is 0 Å². The number of carboxylic acid groups (broad SMARTS) is 1. The molecule has 0 amide bonds. The largest absolute Gasteiger partial charge is 0.477 e. The lowest BCUT2D eigenvalue weighted by Gasteiger charge is -2.18. The second kappa shape index (κ2) is 7.09. The third kappa shape index (κ3) is 4.59. The van der Waals surface area contributed by atoms with Crippen LogP contribution in [0, 0.1) is 11.8 Å². The first kappa shape index (κ1) is 15.7. The van der Waals surface area contributed by atoms with Crippen LogP contribution >= 0.6 is 0 Å². The minimum atomic E-state index is -1.21. The number of carbonyl (C=O) groups excluding carboxylic acids is 1. The van der Waals surface area contributed by atoms with E-state index < -0.39 is 11.9 Å². The van der Waals surface area contributed by atoms with Gasteiger partial charge in [0.2, 0.25) is 0 Å². The van der Waals surface area contributed by atoms with Gasteiger partial charge in [-0.1, -0.05) is 34.6 Å². The van der Waals surface area contributed by atoms with Crippen molar-refractivity contribution < 1.29 is 19.4 Å². The fourth-order valence-electron chi connectivity index (χ4n) is 1.84. The van der Waals surface area contributed by atoms with Crippen LogP contribution in [0.15, 0.2) is 11.1 Å². The van der Waals surface area contributed by atoms with Crippen molar-refractivity contribution in [3.05, 3.63) is 11.1 Å². The van der Waals surface area contributed by atoms with Gasteiger partial charge in [-0.2, -0.15) is 0 Å². The highest BCUT2D eigenvalue weighted by Gasteiger charge is 2.27.